The number of benzene rings is 2. The van der Waals surface area contributed by atoms with E-state index < -0.39 is 29.0 Å². The minimum Gasteiger partial charge on any atom is -0.476 e. The maximum Gasteiger partial charge on any atom is 0.173 e. The van der Waals surface area contributed by atoms with E-state index in [1.807, 2.05) is 30.3 Å². The SMILES string of the molecule is O=C(CCc1ccccc1)c1ccccc1O[C@@H]1S[C@H](CO)[C@@H](O)[C@H](O)[C@H]1O. The summed E-state index contributed by atoms with van der Waals surface area (Å²) in [5, 5.41) is 38.9. The third-order valence-electron chi connectivity index (χ3n) is 4.76. The van der Waals surface area contributed by atoms with E-state index in [1.54, 1.807) is 24.3 Å². The van der Waals surface area contributed by atoms with Crippen LogP contribution in [0.4, 0.5) is 0 Å². The number of carbonyl (C=O) groups is 1. The van der Waals surface area contributed by atoms with Gasteiger partial charge in [0.25, 0.3) is 0 Å². The van der Waals surface area contributed by atoms with Crippen molar-refractivity contribution < 1.29 is 30.0 Å². The molecule has 0 aliphatic carbocycles. The number of ether oxygens (including phenoxy) is 1. The Morgan fingerprint density at radius 3 is 2.32 bits per heavy atom. The lowest BCUT2D eigenvalue weighted by molar-refractivity contribution is -0.0909. The second-order valence-electron chi connectivity index (χ2n) is 6.72. The molecule has 0 amide bonds. The number of aryl methyl sites for hydroxylation is 1. The Kier molecular flexibility index (Phi) is 7.09. The van der Waals surface area contributed by atoms with Gasteiger partial charge in [0, 0.05) is 6.42 Å². The van der Waals surface area contributed by atoms with Crippen molar-refractivity contribution in [2.45, 2.75) is 41.8 Å². The summed E-state index contributed by atoms with van der Waals surface area (Å²) in [7, 11) is 0. The van der Waals surface area contributed by atoms with E-state index in [9.17, 15) is 25.2 Å². The minimum absolute atomic E-state index is 0.0888. The average molecular weight is 404 g/mol. The largest absolute Gasteiger partial charge is 0.476 e. The van der Waals surface area contributed by atoms with Crippen LogP contribution in [0, 0.1) is 0 Å². The first-order valence-electron chi connectivity index (χ1n) is 9.14. The predicted octanol–water partition coefficient (Wildman–Crippen LogP) is 1.40. The zero-order chi connectivity index (χ0) is 20.1. The molecule has 28 heavy (non-hydrogen) atoms. The number of rotatable bonds is 7. The summed E-state index contributed by atoms with van der Waals surface area (Å²) in [6.07, 6.45) is -3.13. The van der Waals surface area contributed by atoms with Crippen molar-refractivity contribution in [1.82, 2.24) is 0 Å². The summed E-state index contributed by atoms with van der Waals surface area (Å²) in [5.74, 6) is 0.214. The Hall–Kier alpha value is -1.90. The molecule has 0 aromatic heterocycles. The number of Topliss-reactive ketones (excluding diaryl/α,β-unsaturated/α-hetero) is 1. The van der Waals surface area contributed by atoms with Crippen LogP contribution in [0.3, 0.4) is 0 Å². The van der Waals surface area contributed by atoms with Crippen molar-refractivity contribution in [2.24, 2.45) is 0 Å². The Labute approximate surface area is 167 Å². The lowest BCUT2D eigenvalue weighted by atomic mass is 10.0. The first-order chi connectivity index (χ1) is 13.5. The monoisotopic (exact) mass is 404 g/mol. The predicted molar refractivity (Wildman–Crippen MR) is 106 cm³/mol. The molecule has 1 aliphatic heterocycles. The number of aliphatic hydroxyl groups is 4. The molecule has 4 N–H and O–H groups in total. The van der Waals surface area contributed by atoms with Crippen LogP contribution in [-0.2, 0) is 6.42 Å². The molecule has 2 aromatic carbocycles. The van der Waals surface area contributed by atoms with Gasteiger partial charge in [-0.25, -0.2) is 0 Å². The molecular formula is C21H24O6S. The molecule has 7 heteroatoms. The summed E-state index contributed by atoms with van der Waals surface area (Å²) in [4.78, 5) is 12.7. The van der Waals surface area contributed by atoms with Gasteiger partial charge in [0.15, 0.2) is 11.2 Å². The van der Waals surface area contributed by atoms with Gasteiger partial charge in [-0.1, -0.05) is 42.5 Å². The molecule has 2 aromatic rings. The third kappa shape index (κ3) is 4.74. The summed E-state index contributed by atoms with van der Waals surface area (Å²) in [6.45, 7) is -0.368. The summed E-state index contributed by atoms with van der Waals surface area (Å²) >= 11 is 1.03. The Morgan fingerprint density at radius 2 is 1.61 bits per heavy atom. The van der Waals surface area contributed by atoms with Gasteiger partial charge in [0.2, 0.25) is 0 Å². The van der Waals surface area contributed by atoms with Crippen molar-refractivity contribution in [3.05, 3.63) is 65.7 Å². The van der Waals surface area contributed by atoms with Crippen LogP contribution in [0.5, 0.6) is 5.75 Å². The van der Waals surface area contributed by atoms with E-state index in [2.05, 4.69) is 0 Å². The minimum atomic E-state index is -1.44. The fourth-order valence-corrected chi connectivity index (χ4v) is 4.36. The number of carbonyl (C=O) groups excluding carboxylic acids is 1. The third-order valence-corrected chi connectivity index (χ3v) is 6.18. The van der Waals surface area contributed by atoms with Gasteiger partial charge in [-0.2, -0.15) is 0 Å². The van der Waals surface area contributed by atoms with Crippen molar-refractivity contribution in [3.8, 4) is 5.75 Å². The van der Waals surface area contributed by atoms with Crippen LogP contribution < -0.4 is 4.74 Å². The quantitative estimate of drug-likeness (QED) is 0.517. The number of aliphatic hydroxyl groups excluding tert-OH is 4. The summed E-state index contributed by atoms with van der Waals surface area (Å²) in [5.41, 5.74) is 0.543. The average Bonchev–Trinajstić information content (AvgIpc) is 2.73. The molecule has 5 atom stereocenters. The molecule has 0 spiro atoms. The fourth-order valence-electron chi connectivity index (χ4n) is 3.13. The standard InChI is InChI=1S/C21H24O6S/c22-12-17-18(24)19(25)20(26)21(28-17)27-16-9-5-4-8-14(16)15(23)11-10-13-6-2-1-3-7-13/h1-9,17-22,24-26H,10-12H2/t17-,18-,19+,20-,21-/m1/s1. The second kappa shape index (κ2) is 9.54. The molecule has 0 bridgehead atoms. The molecule has 6 nitrogen and oxygen atoms in total. The molecule has 0 radical (unpaired) electrons. The topological polar surface area (TPSA) is 107 Å². The molecule has 1 aliphatic rings. The van der Waals surface area contributed by atoms with Gasteiger partial charge >= 0.3 is 0 Å². The van der Waals surface area contributed by atoms with Gasteiger partial charge in [-0.15, -0.1) is 11.8 Å². The lowest BCUT2D eigenvalue weighted by Crippen LogP contribution is -2.55. The zero-order valence-corrected chi connectivity index (χ0v) is 16.0. The van der Waals surface area contributed by atoms with Crippen LogP contribution in [0.2, 0.25) is 0 Å². The summed E-state index contributed by atoms with van der Waals surface area (Å²) < 4.78 is 5.83. The fraction of sp³-hybridized carbons (Fsp3) is 0.381. The second-order valence-corrected chi connectivity index (χ2v) is 8.06. The van der Waals surface area contributed by atoms with E-state index in [4.69, 9.17) is 4.74 Å². The first kappa shape index (κ1) is 20.8. The number of para-hydroxylation sites is 1. The number of thioether (sulfide) groups is 1. The Balaban J connectivity index is 1.72. The van der Waals surface area contributed by atoms with Crippen molar-refractivity contribution in [1.29, 1.82) is 0 Å². The molecule has 1 heterocycles. The maximum atomic E-state index is 12.7. The summed E-state index contributed by atoms with van der Waals surface area (Å²) in [6, 6.07) is 16.5. The molecule has 0 saturated carbocycles. The van der Waals surface area contributed by atoms with E-state index in [0.29, 0.717) is 24.2 Å². The number of ketones is 1. The van der Waals surface area contributed by atoms with E-state index in [1.165, 1.54) is 0 Å². The van der Waals surface area contributed by atoms with E-state index >= 15 is 0 Å². The maximum absolute atomic E-state index is 12.7. The van der Waals surface area contributed by atoms with Crippen molar-refractivity contribution in [2.75, 3.05) is 6.61 Å². The zero-order valence-electron chi connectivity index (χ0n) is 15.2. The molecule has 1 fully saturated rings. The number of hydrogen-bond donors (Lipinski definition) is 4. The lowest BCUT2D eigenvalue weighted by Gasteiger charge is -2.39. The van der Waals surface area contributed by atoms with Crippen LogP contribution in [0.25, 0.3) is 0 Å². The smallest absolute Gasteiger partial charge is 0.173 e. The van der Waals surface area contributed by atoms with Gasteiger partial charge in [0.05, 0.1) is 23.5 Å². The highest BCUT2D eigenvalue weighted by Gasteiger charge is 2.44. The highest BCUT2D eigenvalue weighted by Crippen LogP contribution is 2.35. The molecule has 150 valence electrons. The van der Waals surface area contributed by atoms with Crippen LogP contribution in [-0.4, -0.2) is 61.8 Å². The number of hydrogen-bond acceptors (Lipinski definition) is 7. The van der Waals surface area contributed by atoms with Crippen LogP contribution in [0.15, 0.2) is 54.6 Å². The molecule has 0 unspecified atom stereocenters. The Morgan fingerprint density at radius 1 is 0.929 bits per heavy atom. The van der Waals surface area contributed by atoms with E-state index in [-0.39, 0.29) is 12.4 Å². The molecule has 1 saturated heterocycles. The highest BCUT2D eigenvalue weighted by atomic mass is 32.2. The van der Waals surface area contributed by atoms with Crippen LogP contribution >= 0.6 is 11.8 Å². The normalized spacial score (nSPS) is 27.4. The van der Waals surface area contributed by atoms with Gasteiger partial charge in [-0.05, 0) is 24.1 Å². The molecular weight excluding hydrogens is 380 g/mol. The van der Waals surface area contributed by atoms with Gasteiger partial charge in [0.1, 0.15) is 18.0 Å². The van der Waals surface area contributed by atoms with Gasteiger partial charge in [-0.3, -0.25) is 4.79 Å². The van der Waals surface area contributed by atoms with Crippen LogP contribution in [0.1, 0.15) is 22.3 Å². The van der Waals surface area contributed by atoms with Gasteiger partial charge < -0.3 is 25.2 Å². The van der Waals surface area contributed by atoms with Crippen molar-refractivity contribution in [3.63, 3.8) is 0 Å². The highest BCUT2D eigenvalue weighted by molar-refractivity contribution is 8.00. The van der Waals surface area contributed by atoms with Crippen molar-refractivity contribution >= 4 is 17.5 Å². The molecule has 3 rings (SSSR count). The first-order valence-corrected chi connectivity index (χ1v) is 10.1. The Bertz CT molecular complexity index is 781. The van der Waals surface area contributed by atoms with E-state index in [0.717, 1.165) is 17.3 Å².